The minimum Gasteiger partial charge on any atom is -0.343 e. The van der Waals surface area contributed by atoms with Gasteiger partial charge in [0.25, 0.3) is 0 Å². The number of nitrogens with one attached hydrogen (secondary N) is 1. The van der Waals surface area contributed by atoms with Crippen molar-refractivity contribution in [3.63, 3.8) is 0 Å². The molecule has 116 valence electrons. The fourth-order valence-corrected chi connectivity index (χ4v) is 3.77. The molecule has 0 aromatic carbocycles. The van der Waals surface area contributed by atoms with Gasteiger partial charge in [0.15, 0.2) is 0 Å². The van der Waals surface area contributed by atoms with E-state index in [0.717, 1.165) is 22.1 Å². The summed E-state index contributed by atoms with van der Waals surface area (Å²) in [6.45, 7) is 4.53. The van der Waals surface area contributed by atoms with Gasteiger partial charge >= 0.3 is 0 Å². The molecule has 0 spiro atoms. The molecule has 1 fully saturated rings. The van der Waals surface area contributed by atoms with Crippen molar-refractivity contribution in [2.24, 2.45) is 0 Å². The second-order valence-electron chi connectivity index (χ2n) is 5.26. The molecule has 0 bridgehead atoms. The highest BCUT2D eigenvalue weighted by molar-refractivity contribution is 7.16. The first-order valence-electron chi connectivity index (χ1n) is 7.41. The zero-order valence-corrected chi connectivity index (χ0v) is 14.0. The van der Waals surface area contributed by atoms with E-state index in [-0.39, 0.29) is 23.9 Å². The van der Waals surface area contributed by atoms with Crippen LogP contribution in [0, 0.1) is 0 Å². The summed E-state index contributed by atoms with van der Waals surface area (Å²) in [6.07, 6.45) is 2.96. The number of carbonyl (C=O) groups is 2. The van der Waals surface area contributed by atoms with Gasteiger partial charge in [-0.2, -0.15) is 0 Å². The Bertz CT molecular complexity index is 518. The van der Waals surface area contributed by atoms with Gasteiger partial charge in [0, 0.05) is 11.4 Å². The Morgan fingerprint density at radius 3 is 2.67 bits per heavy atom. The molecule has 0 radical (unpaired) electrons. The summed E-state index contributed by atoms with van der Waals surface area (Å²) >= 11 is 7.45. The third-order valence-corrected chi connectivity index (χ3v) is 5.06. The predicted molar refractivity (Wildman–Crippen MR) is 85.7 cm³/mol. The standard InChI is InChI=1S/C15H21ClN2O2S/c1-3-5-11-15(20)18(12(4-2)14(19)17-11)9-8-10-6-7-13(16)21-10/h6-7,11-12H,3-5,8-9H2,1-2H3,(H,17,19). The molecule has 1 aromatic rings. The lowest BCUT2D eigenvalue weighted by atomic mass is 10.0. The Hall–Kier alpha value is -1.07. The minimum atomic E-state index is -0.364. The Kier molecular flexibility index (Phi) is 5.65. The van der Waals surface area contributed by atoms with Gasteiger partial charge in [-0.1, -0.05) is 31.9 Å². The number of hydrogen-bond acceptors (Lipinski definition) is 3. The molecule has 6 heteroatoms. The third-order valence-electron chi connectivity index (χ3n) is 3.77. The van der Waals surface area contributed by atoms with Crippen LogP contribution in [0.1, 0.15) is 38.0 Å². The summed E-state index contributed by atoms with van der Waals surface area (Å²) in [5.41, 5.74) is 0. The van der Waals surface area contributed by atoms with Crippen LogP contribution in [0.2, 0.25) is 4.34 Å². The molecule has 21 heavy (non-hydrogen) atoms. The normalized spacial score (nSPS) is 22.5. The number of thiophene rings is 1. The van der Waals surface area contributed by atoms with Gasteiger partial charge in [0.2, 0.25) is 11.8 Å². The molecule has 2 unspecified atom stereocenters. The zero-order chi connectivity index (χ0) is 15.4. The molecular weight excluding hydrogens is 308 g/mol. The molecule has 1 aromatic heterocycles. The van der Waals surface area contributed by atoms with Crippen LogP contribution in [-0.2, 0) is 16.0 Å². The summed E-state index contributed by atoms with van der Waals surface area (Å²) in [5, 5.41) is 2.85. The third kappa shape index (κ3) is 3.77. The maximum Gasteiger partial charge on any atom is 0.245 e. The maximum atomic E-state index is 12.5. The Morgan fingerprint density at radius 2 is 2.10 bits per heavy atom. The molecule has 2 heterocycles. The van der Waals surface area contributed by atoms with Gasteiger partial charge in [-0.25, -0.2) is 0 Å². The quantitative estimate of drug-likeness (QED) is 0.873. The van der Waals surface area contributed by atoms with Crippen molar-refractivity contribution in [1.29, 1.82) is 0 Å². The zero-order valence-electron chi connectivity index (χ0n) is 12.4. The molecule has 2 atom stereocenters. The van der Waals surface area contributed by atoms with Gasteiger partial charge < -0.3 is 10.2 Å². The number of amides is 2. The highest BCUT2D eigenvalue weighted by Gasteiger charge is 2.38. The molecule has 0 saturated carbocycles. The topological polar surface area (TPSA) is 49.4 Å². The highest BCUT2D eigenvalue weighted by atomic mass is 35.5. The SMILES string of the molecule is CCCC1NC(=O)C(CC)N(CCc2ccc(Cl)s2)C1=O. The van der Waals surface area contributed by atoms with Gasteiger partial charge in [0.05, 0.1) is 4.34 Å². The number of halogens is 1. The predicted octanol–water partition coefficient (Wildman–Crippen LogP) is 2.85. The Labute approximate surface area is 134 Å². The second-order valence-corrected chi connectivity index (χ2v) is 7.06. The molecule has 2 amide bonds. The van der Waals surface area contributed by atoms with Crippen LogP contribution >= 0.6 is 22.9 Å². The molecule has 2 rings (SSSR count). The summed E-state index contributed by atoms with van der Waals surface area (Å²) in [6, 6.07) is 3.13. The Balaban J connectivity index is 2.07. The first-order valence-corrected chi connectivity index (χ1v) is 8.61. The van der Waals surface area contributed by atoms with Gasteiger partial charge in [-0.05, 0) is 31.4 Å². The van der Waals surface area contributed by atoms with Crippen molar-refractivity contribution < 1.29 is 9.59 Å². The van der Waals surface area contributed by atoms with Crippen molar-refractivity contribution in [2.45, 2.75) is 51.6 Å². The lowest BCUT2D eigenvalue weighted by Crippen LogP contribution is -2.63. The molecule has 1 saturated heterocycles. The number of rotatable bonds is 6. The molecule has 1 aliphatic heterocycles. The van der Waals surface area contributed by atoms with E-state index in [1.165, 1.54) is 11.3 Å². The van der Waals surface area contributed by atoms with E-state index in [0.29, 0.717) is 19.4 Å². The molecule has 1 N–H and O–H groups in total. The number of nitrogens with zero attached hydrogens (tertiary/aromatic N) is 1. The van der Waals surface area contributed by atoms with Crippen LogP contribution < -0.4 is 5.32 Å². The average Bonchev–Trinajstić information content (AvgIpc) is 2.86. The molecular formula is C15H21ClN2O2S. The van der Waals surface area contributed by atoms with E-state index in [1.807, 2.05) is 26.0 Å². The Morgan fingerprint density at radius 1 is 1.33 bits per heavy atom. The molecule has 0 aliphatic carbocycles. The van der Waals surface area contributed by atoms with Crippen LogP contribution in [-0.4, -0.2) is 35.3 Å². The van der Waals surface area contributed by atoms with Crippen molar-refractivity contribution in [1.82, 2.24) is 10.2 Å². The van der Waals surface area contributed by atoms with Crippen molar-refractivity contribution >= 4 is 34.8 Å². The first kappa shape index (κ1) is 16.3. The fourth-order valence-electron chi connectivity index (χ4n) is 2.70. The lowest BCUT2D eigenvalue weighted by Gasteiger charge is -2.38. The van der Waals surface area contributed by atoms with E-state index >= 15 is 0 Å². The maximum absolute atomic E-state index is 12.5. The summed E-state index contributed by atoms with van der Waals surface area (Å²) in [5.74, 6) is 0.0192. The molecule has 1 aliphatic rings. The summed E-state index contributed by atoms with van der Waals surface area (Å²) < 4.78 is 0.753. The summed E-state index contributed by atoms with van der Waals surface area (Å²) in [4.78, 5) is 27.6. The second kappa shape index (κ2) is 7.27. The van der Waals surface area contributed by atoms with Crippen LogP contribution in [0.15, 0.2) is 12.1 Å². The van der Waals surface area contributed by atoms with E-state index in [9.17, 15) is 9.59 Å². The van der Waals surface area contributed by atoms with Crippen molar-refractivity contribution in [3.8, 4) is 0 Å². The van der Waals surface area contributed by atoms with Gasteiger partial charge in [-0.3, -0.25) is 9.59 Å². The van der Waals surface area contributed by atoms with Crippen LogP contribution in [0.3, 0.4) is 0 Å². The van der Waals surface area contributed by atoms with E-state index in [2.05, 4.69) is 5.32 Å². The van der Waals surface area contributed by atoms with E-state index in [1.54, 1.807) is 4.90 Å². The summed E-state index contributed by atoms with van der Waals surface area (Å²) in [7, 11) is 0. The minimum absolute atomic E-state index is 0.0280. The van der Waals surface area contributed by atoms with Gasteiger partial charge in [-0.15, -0.1) is 11.3 Å². The van der Waals surface area contributed by atoms with Crippen LogP contribution in [0.4, 0.5) is 0 Å². The van der Waals surface area contributed by atoms with E-state index in [4.69, 9.17) is 11.6 Å². The van der Waals surface area contributed by atoms with E-state index < -0.39 is 0 Å². The largest absolute Gasteiger partial charge is 0.343 e. The van der Waals surface area contributed by atoms with Crippen LogP contribution in [0.25, 0.3) is 0 Å². The molecule has 4 nitrogen and oxygen atoms in total. The van der Waals surface area contributed by atoms with Crippen molar-refractivity contribution in [2.75, 3.05) is 6.54 Å². The number of piperazine rings is 1. The van der Waals surface area contributed by atoms with Crippen LogP contribution in [0.5, 0.6) is 0 Å². The first-order chi connectivity index (χ1) is 10.1. The smallest absolute Gasteiger partial charge is 0.245 e. The van der Waals surface area contributed by atoms with Crippen molar-refractivity contribution in [3.05, 3.63) is 21.3 Å². The van der Waals surface area contributed by atoms with Gasteiger partial charge in [0.1, 0.15) is 12.1 Å². The monoisotopic (exact) mass is 328 g/mol. The number of hydrogen-bond donors (Lipinski definition) is 1. The highest BCUT2D eigenvalue weighted by Crippen LogP contribution is 2.23. The fraction of sp³-hybridized carbons (Fsp3) is 0.600. The lowest BCUT2D eigenvalue weighted by molar-refractivity contribution is -0.149. The number of carbonyl (C=O) groups excluding carboxylic acids is 2. The average molecular weight is 329 g/mol.